The second-order valence-corrected chi connectivity index (χ2v) is 6.17. The van der Waals surface area contributed by atoms with Crippen LogP contribution in [0.5, 0.6) is 0 Å². The van der Waals surface area contributed by atoms with Crippen molar-refractivity contribution < 1.29 is 9.53 Å². The highest BCUT2D eigenvalue weighted by Crippen LogP contribution is 2.38. The van der Waals surface area contributed by atoms with E-state index in [0.717, 1.165) is 71.4 Å². The predicted molar refractivity (Wildman–Crippen MR) is 79.5 cm³/mol. The molecule has 0 atom stereocenters. The number of nitrogens with zero attached hydrogens (tertiary/aromatic N) is 2. The van der Waals surface area contributed by atoms with Gasteiger partial charge in [-0.05, 0) is 25.8 Å². The second-order valence-electron chi connectivity index (χ2n) is 6.17. The molecule has 1 saturated heterocycles. The van der Waals surface area contributed by atoms with Gasteiger partial charge in [-0.15, -0.1) is 0 Å². The number of ether oxygens (including phenoxy) is 1. The lowest BCUT2D eigenvalue weighted by atomic mass is 9.84. The van der Waals surface area contributed by atoms with Crippen molar-refractivity contribution in [2.24, 2.45) is 11.1 Å². The average Bonchev–Trinajstić information content (AvgIpc) is 2.84. The maximum Gasteiger partial charge on any atom is 0.230 e. The van der Waals surface area contributed by atoms with Crippen molar-refractivity contribution in [3.63, 3.8) is 0 Å². The van der Waals surface area contributed by atoms with E-state index >= 15 is 0 Å². The molecule has 0 aromatic rings. The van der Waals surface area contributed by atoms with Crippen molar-refractivity contribution in [3.8, 4) is 0 Å². The molecule has 1 aliphatic heterocycles. The van der Waals surface area contributed by atoms with Crippen LogP contribution in [0.1, 0.15) is 32.1 Å². The number of methoxy groups -OCH3 is 1. The quantitative estimate of drug-likeness (QED) is 0.806. The molecule has 116 valence electrons. The average molecular weight is 283 g/mol. The molecule has 0 aromatic carbocycles. The van der Waals surface area contributed by atoms with E-state index in [2.05, 4.69) is 9.80 Å². The molecule has 0 spiro atoms. The van der Waals surface area contributed by atoms with Crippen molar-refractivity contribution in [3.05, 3.63) is 0 Å². The largest absolute Gasteiger partial charge is 0.383 e. The van der Waals surface area contributed by atoms with Crippen LogP contribution in [0.25, 0.3) is 0 Å². The SMILES string of the molecule is COCCN1CCCN(C(=O)C2(CN)CCCC2)CC1. The maximum atomic E-state index is 12.8. The Morgan fingerprint density at radius 3 is 2.55 bits per heavy atom. The van der Waals surface area contributed by atoms with Gasteiger partial charge in [0, 0.05) is 39.8 Å². The summed E-state index contributed by atoms with van der Waals surface area (Å²) >= 11 is 0. The lowest BCUT2D eigenvalue weighted by Crippen LogP contribution is -2.47. The van der Waals surface area contributed by atoms with E-state index in [1.54, 1.807) is 7.11 Å². The van der Waals surface area contributed by atoms with Crippen molar-refractivity contribution in [2.45, 2.75) is 32.1 Å². The lowest BCUT2D eigenvalue weighted by molar-refractivity contribution is -0.141. The van der Waals surface area contributed by atoms with Crippen LogP contribution in [0.15, 0.2) is 0 Å². The van der Waals surface area contributed by atoms with Gasteiger partial charge in [-0.2, -0.15) is 0 Å². The van der Waals surface area contributed by atoms with Gasteiger partial charge in [0.05, 0.1) is 12.0 Å². The molecule has 1 aliphatic carbocycles. The Bertz CT molecular complexity index is 316. The van der Waals surface area contributed by atoms with Gasteiger partial charge in [-0.25, -0.2) is 0 Å². The van der Waals surface area contributed by atoms with Gasteiger partial charge in [0.15, 0.2) is 0 Å². The minimum Gasteiger partial charge on any atom is -0.383 e. The first-order chi connectivity index (χ1) is 9.72. The van der Waals surface area contributed by atoms with E-state index in [1.807, 2.05) is 0 Å². The number of nitrogens with two attached hydrogens (primary N) is 1. The van der Waals surface area contributed by atoms with Crippen LogP contribution in [0.2, 0.25) is 0 Å². The van der Waals surface area contributed by atoms with Crippen LogP contribution in [0.3, 0.4) is 0 Å². The Morgan fingerprint density at radius 1 is 1.15 bits per heavy atom. The zero-order valence-corrected chi connectivity index (χ0v) is 12.8. The predicted octanol–water partition coefficient (Wildman–Crippen LogP) is 0.686. The first kappa shape index (κ1) is 15.7. The van der Waals surface area contributed by atoms with E-state index in [9.17, 15) is 4.79 Å². The van der Waals surface area contributed by atoms with Gasteiger partial charge in [-0.1, -0.05) is 12.8 Å². The van der Waals surface area contributed by atoms with Gasteiger partial charge in [-0.3, -0.25) is 9.69 Å². The summed E-state index contributed by atoms with van der Waals surface area (Å²) < 4.78 is 5.14. The summed E-state index contributed by atoms with van der Waals surface area (Å²) in [6.07, 6.45) is 5.31. The lowest BCUT2D eigenvalue weighted by Gasteiger charge is -2.33. The Labute approximate surface area is 122 Å². The van der Waals surface area contributed by atoms with Gasteiger partial charge in [0.25, 0.3) is 0 Å². The summed E-state index contributed by atoms with van der Waals surface area (Å²) in [5.41, 5.74) is 5.69. The van der Waals surface area contributed by atoms with Crippen LogP contribution in [-0.4, -0.2) is 68.7 Å². The standard InChI is InChI=1S/C15H29N3O2/c1-20-12-11-17-7-4-8-18(10-9-17)14(19)15(13-16)5-2-3-6-15/h2-13,16H2,1H3. The summed E-state index contributed by atoms with van der Waals surface area (Å²) in [4.78, 5) is 17.3. The summed E-state index contributed by atoms with van der Waals surface area (Å²) in [5.74, 6) is 0.311. The molecule has 2 fully saturated rings. The third-order valence-electron chi connectivity index (χ3n) is 4.89. The number of hydrogen-bond donors (Lipinski definition) is 1. The summed E-state index contributed by atoms with van der Waals surface area (Å²) in [7, 11) is 1.73. The second kappa shape index (κ2) is 7.38. The molecule has 20 heavy (non-hydrogen) atoms. The zero-order chi connectivity index (χ0) is 14.4. The molecule has 0 aromatic heterocycles. The minimum absolute atomic E-state index is 0.248. The molecule has 2 aliphatic rings. The summed E-state index contributed by atoms with van der Waals surface area (Å²) in [6.45, 7) is 5.96. The minimum atomic E-state index is -0.248. The van der Waals surface area contributed by atoms with Gasteiger partial charge in [0.2, 0.25) is 5.91 Å². The molecule has 0 bridgehead atoms. The molecule has 1 amide bonds. The molecule has 5 heteroatoms. The highest BCUT2D eigenvalue weighted by molar-refractivity contribution is 5.83. The summed E-state index contributed by atoms with van der Waals surface area (Å²) in [5, 5.41) is 0. The van der Waals surface area contributed by atoms with Crippen LogP contribution >= 0.6 is 0 Å². The molecule has 2 N–H and O–H groups in total. The molecule has 1 saturated carbocycles. The molecule has 0 unspecified atom stereocenters. The number of amides is 1. The van der Waals surface area contributed by atoms with Crippen molar-refractivity contribution in [2.75, 3.05) is 53.0 Å². The van der Waals surface area contributed by atoms with Crippen LogP contribution in [-0.2, 0) is 9.53 Å². The fraction of sp³-hybridized carbons (Fsp3) is 0.933. The van der Waals surface area contributed by atoms with E-state index < -0.39 is 0 Å². The summed E-state index contributed by atoms with van der Waals surface area (Å²) in [6, 6.07) is 0. The van der Waals surface area contributed by atoms with E-state index in [1.165, 1.54) is 0 Å². The Balaban J connectivity index is 1.91. The van der Waals surface area contributed by atoms with E-state index in [-0.39, 0.29) is 5.41 Å². The third kappa shape index (κ3) is 3.51. The highest BCUT2D eigenvalue weighted by Gasteiger charge is 2.42. The number of hydrogen-bond acceptors (Lipinski definition) is 4. The monoisotopic (exact) mass is 283 g/mol. The van der Waals surface area contributed by atoms with Gasteiger partial charge in [0.1, 0.15) is 0 Å². The van der Waals surface area contributed by atoms with E-state index in [4.69, 9.17) is 10.5 Å². The third-order valence-corrected chi connectivity index (χ3v) is 4.89. The van der Waals surface area contributed by atoms with Gasteiger partial charge < -0.3 is 15.4 Å². The smallest absolute Gasteiger partial charge is 0.230 e. The Morgan fingerprint density at radius 2 is 1.90 bits per heavy atom. The Kier molecular flexibility index (Phi) is 5.81. The number of carbonyl (C=O) groups excluding carboxylic acids is 1. The first-order valence-corrected chi connectivity index (χ1v) is 7.92. The van der Waals surface area contributed by atoms with Crippen molar-refractivity contribution in [1.82, 2.24) is 9.80 Å². The maximum absolute atomic E-state index is 12.8. The normalized spacial score (nSPS) is 23.8. The van der Waals surface area contributed by atoms with Crippen LogP contribution in [0.4, 0.5) is 0 Å². The van der Waals surface area contributed by atoms with Crippen LogP contribution in [0, 0.1) is 5.41 Å². The molecular formula is C15H29N3O2. The molecular weight excluding hydrogens is 254 g/mol. The number of rotatable bonds is 5. The van der Waals surface area contributed by atoms with Crippen LogP contribution < -0.4 is 5.73 Å². The molecule has 0 radical (unpaired) electrons. The zero-order valence-electron chi connectivity index (χ0n) is 12.8. The fourth-order valence-corrected chi connectivity index (χ4v) is 3.51. The topological polar surface area (TPSA) is 58.8 Å². The number of carbonyl (C=O) groups is 1. The Hall–Kier alpha value is -0.650. The molecule has 5 nitrogen and oxygen atoms in total. The fourth-order valence-electron chi connectivity index (χ4n) is 3.51. The highest BCUT2D eigenvalue weighted by atomic mass is 16.5. The van der Waals surface area contributed by atoms with Crippen molar-refractivity contribution in [1.29, 1.82) is 0 Å². The molecule has 2 rings (SSSR count). The molecule has 1 heterocycles. The van der Waals surface area contributed by atoms with Crippen molar-refractivity contribution >= 4 is 5.91 Å². The van der Waals surface area contributed by atoms with Gasteiger partial charge >= 0.3 is 0 Å². The first-order valence-electron chi connectivity index (χ1n) is 7.92. The van der Waals surface area contributed by atoms with E-state index in [0.29, 0.717) is 12.5 Å².